The summed E-state index contributed by atoms with van der Waals surface area (Å²) in [6.07, 6.45) is -1.02. The van der Waals surface area contributed by atoms with Crippen LogP contribution in [0.2, 0.25) is 0 Å². The van der Waals surface area contributed by atoms with Crippen LogP contribution in [0.4, 0.5) is 24.5 Å². The Morgan fingerprint density at radius 3 is 2.42 bits per heavy atom. The fourth-order valence-corrected chi connectivity index (χ4v) is 4.55. The molecule has 3 aromatic rings. The molecule has 8 nitrogen and oxygen atoms in total. The lowest BCUT2D eigenvalue weighted by molar-refractivity contribution is -0.117. The average Bonchev–Trinajstić information content (AvgIpc) is 3.18. The van der Waals surface area contributed by atoms with Crippen molar-refractivity contribution < 1.29 is 37.0 Å². The summed E-state index contributed by atoms with van der Waals surface area (Å²) in [5, 5.41) is 2.16. The Bertz CT molecular complexity index is 1440. The number of rotatable bonds is 5. The number of nitrogens with zero attached hydrogens (tertiary/aromatic N) is 2. The van der Waals surface area contributed by atoms with Crippen LogP contribution in [0, 0.1) is 17.5 Å². The van der Waals surface area contributed by atoms with Crippen LogP contribution in [0.5, 0.6) is 11.5 Å². The van der Waals surface area contributed by atoms with Gasteiger partial charge >= 0.3 is 0 Å². The highest BCUT2D eigenvalue weighted by Crippen LogP contribution is 2.49. The molecule has 0 saturated heterocycles. The molecule has 3 amide bonds. The van der Waals surface area contributed by atoms with Gasteiger partial charge in [0.25, 0.3) is 11.8 Å². The SMILES string of the molecule is COc1ccc2c(c1OC)C(=O)N1c3ccccc3C(=O)N(CC(=O)Nc3ccc(F)c(F)c3F)[C@H]21. The second-order valence-electron chi connectivity index (χ2n) is 8.04. The normalized spacial score (nSPS) is 15.9. The van der Waals surface area contributed by atoms with Gasteiger partial charge in [0, 0.05) is 5.56 Å². The molecule has 0 unspecified atom stereocenters. The van der Waals surface area contributed by atoms with E-state index in [4.69, 9.17) is 9.47 Å². The molecule has 184 valence electrons. The molecule has 1 N–H and O–H groups in total. The van der Waals surface area contributed by atoms with Crippen molar-refractivity contribution in [3.63, 3.8) is 0 Å². The van der Waals surface area contributed by atoms with Gasteiger partial charge in [-0.15, -0.1) is 0 Å². The lowest BCUT2D eigenvalue weighted by atomic mass is 10.0. The molecule has 2 aliphatic heterocycles. The second-order valence-corrected chi connectivity index (χ2v) is 8.04. The van der Waals surface area contributed by atoms with Crippen LogP contribution >= 0.6 is 0 Å². The monoisotopic (exact) mass is 497 g/mol. The molecule has 2 aliphatic rings. The third-order valence-corrected chi connectivity index (χ3v) is 6.11. The van der Waals surface area contributed by atoms with Crippen molar-refractivity contribution in [1.29, 1.82) is 0 Å². The fourth-order valence-electron chi connectivity index (χ4n) is 4.55. The summed E-state index contributed by atoms with van der Waals surface area (Å²) in [4.78, 5) is 42.5. The summed E-state index contributed by atoms with van der Waals surface area (Å²) in [7, 11) is 2.80. The molecule has 0 aromatic heterocycles. The number of carbonyl (C=O) groups is 3. The Kier molecular flexibility index (Phi) is 5.54. The number of fused-ring (bicyclic) bond motifs is 5. The van der Waals surface area contributed by atoms with Crippen molar-refractivity contribution in [2.75, 3.05) is 31.0 Å². The predicted octanol–water partition coefficient (Wildman–Crippen LogP) is 3.87. The third-order valence-electron chi connectivity index (χ3n) is 6.11. The minimum Gasteiger partial charge on any atom is -0.493 e. The molecule has 0 spiro atoms. The van der Waals surface area contributed by atoms with Crippen LogP contribution in [0.15, 0.2) is 48.5 Å². The van der Waals surface area contributed by atoms with E-state index in [9.17, 15) is 27.6 Å². The van der Waals surface area contributed by atoms with E-state index >= 15 is 0 Å². The smallest absolute Gasteiger partial charge is 0.264 e. The quantitative estimate of drug-likeness (QED) is 0.541. The van der Waals surface area contributed by atoms with Crippen LogP contribution in [0.1, 0.15) is 32.4 Å². The lowest BCUT2D eigenvalue weighted by Gasteiger charge is -2.40. The number of carbonyl (C=O) groups excluding carboxylic acids is 3. The zero-order valence-corrected chi connectivity index (χ0v) is 19.0. The first-order valence-electron chi connectivity index (χ1n) is 10.7. The summed E-state index contributed by atoms with van der Waals surface area (Å²) in [5.41, 5.74) is 0.497. The van der Waals surface area contributed by atoms with Gasteiger partial charge < -0.3 is 19.7 Å². The van der Waals surface area contributed by atoms with E-state index in [1.54, 1.807) is 30.3 Å². The first-order chi connectivity index (χ1) is 17.3. The largest absolute Gasteiger partial charge is 0.493 e. The molecule has 0 aliphatic carbocycles. The molecule has 1 atom stereocenters. The van der Waals surface area contributed by atoms with E-state index in [1.165, 1.54) is 25.2 Å². The van der Waals surface area contributed by atoms with Crippen LogP contribution in [0.25, 0.3) is 0 Å². The number of benzene rings is 3. The van der Waals surface area contributed by atoms with Crippen LogP contribution in [-0.4, -0.2) is 43.4 Å². The zero-order chi connectivity index (χ0) is 25.7. The van der Waals surface area contributed by atoms with Crippen LogP contribution < -0.4 is 19.7 Å². The van der Waals surface area contributed by atoms with E-state index in [0.717, 1.165) is 11.0 Å². The number of anilines is 2. The number of hydrogen-bond donors (Lipinski definition) is 1. The Labute approximate surface area is 202 Å². The van der Waals surface area contributed by atoms with E-state index in [0.29, 0.717) is 23.1 Å². The third kappa shape index (κ3) is 3.35. The highest BCUT2D eigenvalue weighted by molar-refractivity contribution is 6.18. The van der Waals surface area contributed by atoms with Crippen molar-refractivity contribution in [3.05, 3.63) is 82.7 Å². The standard InChI is InChI=1S/C25H18F3N3O5/c1-35-17-10-7-13-19(22(17)36-2)25(34)31-16-6-4-3-5-12(16)24(33)30(23(13)31)11-18(32)29-15-9-8-14(26)20(27)21(15)28/h3-10,23H,11H2,1-2H3,(H,29,32)/t23-/m0/s1. The van der Waals surface area contributed by atoms with Crippen molar-refractivity contribution in [1.82, 2.24) is 4.90 Å². The van der Waals surface area contributed by atoms with Gasteiger partial charge in [-0.2, -0.15) is 0 Å². The Morgan fingerprint density at radius 1 is 0.944 bits per heavy atom. The number of ether oxygens (including phenoxy) is 2. The minimum absolute atomic E-state index is 0.170. The number of nitrogens with one attached hydrogen (secondary N) is 1. The maximum atomic E-state index is 14.1. The van der Waals surface area contributed by atoms with Crippen molar-refractivity contribution in [2.45, 2.75) is 6.17 Å². The highest BCUT2D eigenvalue weighted by Gasteiger charge is 2.50. The summed E-state index contributed by atoms with van der Waals surface area (Å²) in [6.45, 7) is -0.617. The first-order valence-corrected chi connectivity index (χ1v) is 10.7. The fraction of sp³-hybridized carbons (Fsp3) is 0.160. The molecule has 0 radical (unpaired) electrons. The van der Waals surface area contributed by atoms with Gasteiger partial charge in [-0.05, 0) is 30.3 Å². The number of amides is 3. The molecule has 0 fully saturated rings. The van der Waals surface area contributed by atoms with Gasteiger partial charge in [-0.1, -0.05) is 18.2 Å². The topological polar surface area (TPSA) is 88.2 Å². The van der Waals surface area contributed by atoms with Crippen LogP contribution in [-0.2, 0) is 4.79 Å². The van der Waals surface area contributed by atoms with Crippen molar-refractivity contribution >= 4 is 29.1 Å². The molecule has 2 heterocycles. The first kappa shape index (κ1) is 23.2. The van der Waals surface area contributed by atoms with Crippen LogP contribution in [0.3, 0.4) is 0 Å². The highest BCUT2D eigenvalue weighted by atomic mass is 19.2. The van der Waals surface area contributed by atoms with Gasteiger partial charge in [0.15, 0.2) is 29.0 Å². The molecule has 11 heteroatoms. The second kappa shape index (κ2) is 8.59. The maximum Gasteiger partial charge on any atom is 0.264 e. The summed E-state index contributed by atoms with van der Waals surface area (Å²) >= 11 is 0. The molecule has 5 rings (SSSR count). The molecule has 0 saturated carbocycles. The predicted molar refractivity (Wildman–Crippen MR) is 122 cm³/mol. The molecule has 0 bridgehead atoms. The summed E-state index contributed by atoms with van der Waals surface area (Å²) < 4.78 is 51.7. The van der Waals surface area contributed by atoms with Gasteiger partial charge in [0.2, 0.25) is 5.91 Å². The Balaban J connectivity index is 1.58. The zero-order valence-electron chi connectivity index (χ0n) is 19.0. The maximum absolute atomic E-state index is 14.1. The van der Waals surface area contributed by atoms with E-state index in [-0.39, 0.29) is 16.9 Å². The van der Waals surface area contributed by atoms with E-state index in [1.807, 2.05) is 0 Å². The summed E-state index contributed by atoms with van der Waals surface area (Å²) in [5.74, 6) is -6.14. The van der Waals surface area contributed by atoms with Gasteiger partial charge in [-0.3, -0.25) is 19.3 Å². The number of hydrogen-bond acceptors (Lipinski definition) is 5. The van der Waals surface area contributed by atoms with Gasteiger partial charge in [0.05, 0.1) is 36.7 Å². The number of methoxy groups -OCH3 is 2. The van der Waals surface area contributed by atoms with Crippen molar-refractivity contribution in [2.24, 2.45) is 0 Å². The molecular formula is C25H18F3N3O5. The molecule has 36 heavy (non-hydrogen) atoms. The van der Waals surface area contributed by atoms with Gasteiger partial charge in [-0.25, -0.2) is 13.2 Å². The average molecular weight is 497 g/mol. The van der Waals surface area contributed by atoms with E-state index < -0.39 is 53.6 Å². The molecular weight excluding hydrogens is 479 g/mol. The number of halogens is 3. The molecule has 3 aromatic carbocycles. The van der Waals surface area contributed by atoms with Crippen molar-refractivity contribution in [3.8, 4) is 11.5 Å². The Morgan fingerprint density at radius 2 is 1.69 bits per heavy atom. The number of para-hydroxylation sites is 1. The Hall–Kier alpha value is -4.54. The summed E-state index contributed by atoms with van der Waals surface area (Å²) in [6, 6.07) is 11.1. The van der Waals surface area contributed by atoms with Gasteiger partial charge in [0.1, 0.15) is 12.7 Å². The lowest BCUT2D eigenvalue weighted by Crippen LogP contribution is -2.50. The van der Waals surface area contributed by atoms with E-state index in [2.05, 4.69) is 5.32 Å². The minimum atomic E-state index is -1.74.